The van der Waals surface area contributed by atoms with Crippen molar-refractivity contribution < 1.29 is 14.3 Å². The molecule has 5 heteroatoms. The molecule has 27 heavy (non-hydrogen) atoms. The maximum atomic E-state index is 12.0. The molecule has 0 saturated carbocycles. The molecule has 0 atom stereocenters. The Balaban J connectivity index is 1.80. The van der Waals surface area contributed by atoms with Crippen LogP contribution in [0.15, 0.2) is 48.5 Å². The molecule has 0 heterocycles. The van der Waals surface area contributed by atoms with Crippen molar-refractivity contribution in [2.45, 2.75) is 46.1 Å². The van der Waals surface area contributed by atoms with Gasteiger partial charge in [-0.05, 0) is 47.7 Å². The molecular formula is C22H28N2O3. The number of benzene rings is 2. The molecule has 0 saturated heterocycles. The molecule has 5 nitrogen and oxygen atoms in total. The number of rotatable bonds is 8. The number of anilines is 1. The van der Waals surface area contributed by atoms with Gasteiger partial charge in [0.25, 0.3) is 0 Å². The third-order valence-corrected chi connectivity index (χ3v) is 4.18. The van der Waals surface area contributed by atoms with E-state index in [1.165, 1.54) is 5.56 Å². The third-order valence-electron chi connectivity index (χ3n) is 4.18. The minimum Gasteiger partial charge on any atom is -0.494 e. The molecule has 2 rings (SSSR count). The minimum atomic E-state index is -0.687. The maximum Gasteiger partial charge on any atom is 0.313 e. The highest BCUT2D eigenvalue weighted by Crippen LogP contribution is 2.16. The minimum absolute atomic E-state index is 0.314. The van der Waals surface area contributed by atoms with Crippen molar-refractivity contribution in [2.24, 2.45) is 0 Å². The summed E-state index contributed by atoms with van der Waals surface area (Å²) in [6.07, 6.45) is 2.07. The van der Waals surface area contributed by atoms with E-state index in [9.17, 15) is 9.59 Å². The fraction of sp³-hybridized carbons (Fsp3) is 0.364. The summed E-state index contributed by atoms with van der Waals surface area (Å²) in [5.41, 5.74) is 2.75. The fourth-order valence-corrected chi connectivity index (χ4v) is 2.44. The topological polar surface area (TPSA) is 67.4 Å². The fourth-order valence-electron chi connectivity index (χ4n) is 2.44. The first-order valence-corrected chi connectivity index (χ1v) is 9.40. The van der Waals surface area contributed by atoms with Gasteiger partial charge in [-0.2, -0.15) is 0 Å². The summed E-state index contributed by atoms with van der Waals surface area (Å²) in [4.78, 5) is 24.0. The van der Waals surface area contributed by atoms with Crippen LogP contribution < -0.4 is 15.4 Å². The summed E-state index contributed by atoms with van der Waals surface area (Å²) >= 11 is 0. The first kappa shape index (κ1) is 20.5. The molecule has 0 spiro atoms. The van der Waals surface area contributed by atoms with E-state index in [-0.39, 0.29) is 0 Å². The molecular weight excluding hydrogens is 340 g/mol. The van der Waals surface area contributed by atoms with Crippen LogP contribution in [0, 0.1) is 0 Å². The van der Waals surface area contributed by atoms with Gasteiger partial charge in [-0.15, -0.1) is 0 Å². The van der Waals surface area contributed by atoms with Crippen LogP contribution in [-0.2, 0) is 16.1 Å². The van der Waals surface area contributed by atoms with Crippen LogP contribution in [0.2, 0.25) is 0 Å². The van der Waals surface area contributed by atoms with E-state index in [2.05, 4.69) is 31.4 Å². The molecule has 2 aromatic rings. The Hall–Kier alpha value is -2.82. The van der Waals surface area contributed by atoms with Gasteiger partial charge in [0.2, 0.25) is 0 Å². The van der Waals surface area contributed by atoms with Crippen molar-refractivity contribution in [1.82, 2.24) is 5.32 Å². The van der Waals surface area contributed by atoms with Gasteiger partial charge in [-0.3, -0.25) is 9.59 Å². The highest BCUT2D eigenvalue weighted by Gasteiger charge is 2.13. The SMILES string of the molecule is CCCCOc1ccc(NC(=O)C(=O)NCc2ccc(C(C)C)cc2)cc1. The number of ether oxygens (including phenoxy) is 1. The van der Waals surface area contributed by atoms with Gasteiger partial charge in [-0.1, -0.05) is 51.5 Å². The lowest BCUT2D eigenvalue weighted by Gasteiger charge is -2.09. The summed E-state index contributed by atoms with van der Waals surface area (Å²) in [6, 6.07) is 15.0. The van der Waals surface area contributed by atoms with Crippen molar-refractivity contribution >= 4 is 17.5 Å². The van der Waals surface area contributed by atoms with Crippen molar-refractivity contribution in [3.05, 3.63) is 59.7 Å². The predicted octanol–water partition coefficient (Wildman–Crippen LogP) is 4.24. The van der Waals surface area contributed by atoms with Gasteiger partial charge in [0, 0.05) is 12.2 Å². The normalized spacial score (nSPS) is 10.5. The molecule has 0 radical (unpaired) electrons. The molecule has 0 bridgehead atoms. The number of amides is 2. The van der Waals surface area contributed by atoms with Crippen LogP contribution in [0.1, 0.15) is 50.7 Å². The quantitative estimate of drug-likeness (QED) is 0.541. The number of carbonyl (C=O) groups excluding carboxylic acids is 2. The zero-order valence-electron chi connectivity index (χ0n) is 16.2. The summed E-state index contributed by atoms with van der Waals surface area (Å²) < 4.78 is 5.57. The van der Waals surface area contributed by atoms with Crippen LogP contribution in [0.5, 0.6) is 5.75 Å². The van der Waals surface area contributed by atoms with Crippen molar-refractivity contribution in [2.75, 3.05) is 11.9 Å². The van der Waals surface area contributed by atoms with Crippen LogP contribution >= 0.6 is 0 Å². The average molecular weight is 368 g/mol. The third kappa shape index (κ3) is 6.77. The van der Waals surface area contributed by atoms with E-state index in [1.807, 2.05) is 24.3 Å². The molecule has 0 aromatic heterocycles. The monoisotopic (exact) mass is 368 g/mol. The first-order valence-electron chi connectivity index (χ1n) is 9.40. The Bertz CT molecular complexity index is 737. The van der Waals surface area contributed by atoms with Crippen LogP contribution in [-0.4, -0.2) is 18.4 Å². The van der Waals surface area contributed by atoms with Crippen molar-refractivity contribution in [3.8, 4) is 5.75 Å². The van der Waals surface area contributed by atoms with E-state index in [4.69, 9.17) is 4.74 Å². The molecule has 0 fully saturated rings. The second-order valence-corrected chi connectivity index (χ2v) is 6.76. The Kier molecular flexibility index (Phi) is 7.86. The molecule has 0 aliphatic rings. The first-order chi connectivity index (χ1) is 13.0. The van der Waals surface area contributed by atoms with Gasteiger partial charge < -0.3 is 15.4 Å². The van der Waals surface area contributed by atoms with Gasteiger partial charge >= 0.3 is 11.8 Å². The molecule has 144 valence electrons. The summed E-state index contributed by atoms with van der Waals surface area (Å²) in [6.45, 7) is 7.35. The molecule has 0 aliphatic carbocycles. The zero-order chi connectivity index (χ0) is 19.6. The van der Waals surface area contributed by atoms with E-state index < -0.39 is 11.8 Å². The zero-order valence-corrected chi connectivity index (χ0v) is 16.2. The van der Waals surface area contributed by atoms with Gasteiger partial charge in [0.05, 0.1) is 6.61 Å². The smallest absolute Gasteiger partial charge is 0.313 e. The van der Waals surface area contributed by atoms with Crippen LogP contribution in [0.3, 0.4) is 0 Å². The number of unbranched alkanes of at least 4 members (excludes halogenated alkanes) is 1. The molecule has 2 amide bonds. The summed E-state index contributed by atoms with van der Waals surface area (Å²) in [5, 5.41) is 5.23. The highest BCUT2D eigenvalue weighted by molar-refractivity contribution is 6.39. The lowest BCUT2D eigenvalue weighted by Crippen LogP contribution is -2.34. The number of hydrogen-bond donors (Lipinski definition) is 2. The van der Waals surface area contributed by atoms with Crippen molar-refractivity contribution in [3.63, 3.8) is 0 Å². The predicted molar refractivity (Wildman–Crippen MR) is 108 cm³/mol. The second-order valence-electron chi connectivity index (χ2n) is 6.76. The molecule has 0 aliphatic heterocycles. The van der Waals surface area contributed by atoms with Crippen molar-refractivity contribution in [1.29, 1.82) is 0 Å². The second kappa shape index (κ2) is 10.4. The van der Waals surface area contributed by atoms with Crippen LogP contribution in [0.25, 0.3) is 0 Å². The van der Waals surface area contributed by atoms with Gasteiger partial charge in [0.15, 0.2) is 0 Å². The lowest BCUT2D eigenvalue weighted by atomic mass is 10.0. The van der Waals surface area contributed by atoms with Gasteiger partial charge in [0.1, 0.15) is 5.75 Å². The Morgan fingerprint density at radius 3 is 2.22 bits per heavy atom. The Labute approximate surface area is 161 Å². The maximum absolute atomic E-state index is 12.0. The van der Waals surface area contributed by atoms with E-state index in [1.54, 1.807) is 24.3 Å². The molecule has 0 unspecified atom stereocenters. The summed E-state index contributed by atoms with van der Waals surface area (Å²) in [7, 11) is 0. The largest absolute Gasteiger partial charge is 0.494 e. The van der Waals surface area contributed by atoms with E-state index >= 15 is 0 Å². The van der Waals surface area contributed by atoms with Gasteiger partial charge in [-0.25, -0.2) is 0 Å². The Morgan fingerprint density at radius 2 is 1.63 bits per heavy atom. The highest BCUT2D eigenvalue weighted by atomic mass is 16.5. The summed E-state index contributed by atoms with van der Waals surface area (Å²) in [5.74, 6) is -0.141. The Morgan fingerprint density at radius 1 is 0.963 bits per heavy atom. The standard InChI is InChI=1S/C22H28N2O3/c1-4-5-14-27-20-12-10-19(11-13-20)24-22(26)21(25)23-15-17-6-8-18(9-7-17)16(2)3/h6-13,16H,4-5,14-15H2,1-3H3,(H,23,25)(H,24,26). The van der Waals surface area contributed by atoms with Crippen LogP contribution in [0.4, 0.5) is 5.69 Å². The van der Waals surface area contributed by atoms with E-state index in [0.717, 1.165) is 24.2 Å². The number of nitrogens with one attached hydrogen (secondary N) is 2. The molecule has 2 aromatic carbocycles. The number of carbonyl (C=O) groups is 2. The van der Waals surface area contributed by atoms with E-state index in [0.29, 0.717) is 24.8 Å². The molecule has 2 N–H and O–H groups in total. The average Bonchev–Trinajstić information content (AvgIpc) is 2.68. The lowest BCUT2D eigenvalue weighted by molar-refractivity contribution is -0.136. The number of hydrogen-bond acceptors (Lipinski definition) is 3.